The summed E-state index contributed by atoms with van der Waals surface area (Å²) in [6.45, 7) is 24.3. The molecule has 50 heavy (non-hydrogen) atoms. The molecule has 0 fully saturated rings. The van der Waals surface area contributed by atoms with Crippen LogP contribution in [0.2, 0.25) is 0 Å². The van der Waals surface area contributed by atoms with E-state index in [-0.39, 0.29) is 10.8 Å². The number of ether oxygens (including phenoxy) is 1. The van der Waals surface area contributed by atoms with Crippen molar-refractivity contribution in [1.29, 1.82) is 0 Å². The zero-order valence-electron chi connectivity index (χ0n) is 31.4. The van der Waals surface area contributed by atoms with Gasteiger partial charge in [0, 0.05) is 40.4 Å². The molecule has 0 aliphatic rings. The summed E-state index contributed by atoms with van der Waals surface area (Å²) in [6, 6.07) is 30.3. The first-order valence-electron chi connectivity index (χ1n) is 17.6. The van der Waals surface area contributed by atoms with Gasteiger partial charge in [0.25, 0.3) is 0 Å². The van der Waals surface area contributed by atoms with E-state index in [1.54, 1.807) is 0 Å². The lowest BCUT2D eigenvalue weighted by Gasteiger charge is -2.22. The molecule has 254 valence electrons. The fraction of sp³-hybridized carbons (Fsp3) is 0.289. The number of aromatic nitrogens is 4. The van der Waals surface area contributed by atoms with Crippen LogP contribution in [-0.2, 0) is 10.8 Å². The van der Waals surface area contributed by atoms with Crippen LogP contribution in [-0.4, -0.2) is 19.3 Å². The highest BCUT2D eigenvalue weighted by Crippen LogP contribution is 2.39. The van der Waals surface area contributed by atoms with Crippen molar-refractivity contribution >= 4 is 21.8 Å². The van der Waals surface area contributed by atoms with Crippen molar-refractivity contribution in [3.63, 3.8) is 0 Å². The van der Waals surface area contributed by atoms with Gasteiger partial charge in [-0.15, -0.1) is 0 Å². The van der Waals surface area contributed by atoms with Gasteiger partial charge in [-0.25, -0.2) is 9.67 Å². The average molecular weight is 661 g/mol. The molecular weight excluding hydrogens is 613 g/mol. The van der Waals surface area contributed by atoms with E-state index in [0.29, 0.717) is 0 Å². The van der Waals surface area contributed by atoms with Gasteiger partial charge < -0.3 is 4.74 Å². The predicted octanol–water partition coefficient (Wildman–Crippen LogP) is 12.0. The van der Waals surface area contributed by atoms with E-state index in [1.807, 2.05) is 6.20 Å². The Morgan fingerprint density at radius 3 is 1.98 bits per heavy atom. The minimum atomic E-state index is -0.0999. The summed E-state index contributed by atoms with van der Waals surface area (Å²) in [7, 11) is 0. The molecule has 0 amide bonds. The Kier molecular flexibility index (Phi) is 8.01. The van der Waals surface area contributed by atoms with Gasteiger partial charge in [0.1, 0.15) is 17.3 Å². The zero-order valence-corrected chi connectivity index (χ0v) is 31.4. The van der Waals surface area contributed by atoms with Crippen molar-refractivity contribution in [2.45, 2.75) is 87.0 Å². The number of pyridine rings is 1. The molecule has 0 bridgehead atoms. The number of fused-ring (bicyclic) bond motifs is 3. The molecule has 5 heteroatoms. The second kappa shape index (κ2) is 12.0. The summed E-state index contributed by atoms with van der Waals surface area (Å²) < 4.78 is 11.1. The molecule has 0 aliphatic heterocycles. The van der Waals surface area contributed by atoms with Crippen LogP contribution in [0.4, 0.5) is 0 Å². The molecule has 3 aromatic heterocycles. The summed E-state index contributed by atoms with van der Waals surface area (Å²) in [5.74, 6) is 2.45. The highest BCUT2D eigenvalue weighted by atomic mass is 16.5. The molecular formula is C45H48N4O. The molecule has 0 aliphatic carbocycles. The summed E-state index contributed by atoms with van der Waals surface area (Å²) in [5, 5.41) is 7.47. The van der Waals surface area contributed by atoms with Gasteiger partial charge in [0.05, 0.1) is 22.4 Å². The van der Waals surface area contributed by atoms with E-state index in [0.717, 1.165) is 50.8 Å². The number of rotatable bonds is 5. The van der Waals surface area contributed by atoms with Gasteiger partial charge in [-0.1, -0.05) is 77.4 Å². The van der Waals surface area contributed by atoms with Crippen molar-refractivity contribution in [2.75, 3.05) is 0 Å². The monoisotopic (exact) mass is 660 g/mol. The Balaban J connectivity index is 1.36. The molecule has 0 saturated heterocycles. The Morgan fingerprint density at radius 1 is 0.600 bits per heavy atom. The summed E-state index contributed by atoms with van der Waals surface area (Å²) in [5.41, 5.74) is 13.9. The lowest BCUT2D eigenvalue weighted by atomic mass is 9.86. The maximum Gasteiger partial charge on any atom is 0.137 e. The van der Waals surface area contributed by atoms with Crippen LogP contribution in [0.25, 0.3) is 44.4 Å². The minimum absolute atomic E-state index is 0.00449. The number of hydrogen-bond acceptors (Lipinski definition) is 3. The largest absolute Gasteiger partial charge is 0.457 e. The Labute approximate surface area is 296 Å². The number of aryl methyl sites for hydroxylation is 4. The first-order chi connectivity index (χ1) is 23.6. The number of benzene rings is 4. The smallest absolute Gasteiger partial charge is 0.137 e. The van der Waals surface area contributed by atoms with Gasteiger partial charge in [-0.05, 0) is 116 Å². The third kappa shape index (κ3) is 5.89. The van der Waals surface area contributed by atoms with E-state index in [2.05, 4.69) is 170 Å². The fourth-order valence-corrected chi connectivity index (χ4v) is 7.43. The van der Waals surface area contributed by atoms with Crippen LogP contribution in [0.3, 0.4) is 0 Å². The highest BCUT2D eigenvalue weighted by molar-refractivity contribution is 6.09. The Hall–Kier alpha value is -5.16. The molecule has 0 radical (unpaired) electrons. The van der Waals surface area contributed by atoms with Crippen LogP contribution >= 0.6 is 0 Å². The zero-order chi connectivity index (χ0) is 35.7. The second-order valence-electron chi connectivity index (χ2n) is 16.0. The van der Waals surface area contributed by atoms with Gasteiger partial charge in [-0.3, -0.25) is 4.57 Å². The fourth-order valence-electron chi connectivity index (χ4n) is 7.43. The second-order valence-corrected chi connectivity index (χ2v) is 16.0. The molecule has 0 saturated carbocycles. The van der Waals surface area contributed by atoms with Crippen molar-refractivity contribution in [2.24, 2.45) is 0 Å². The van der Waals surface area contributed by atoms with Crippen LogP contribution in [0, 0.1) is 34.6 Å². The lowest BCUT2D eigenvalue weighted by Crippen LogP contribution is -2.12. The standard InChI is InChI=1S/C45H48N4O/c1-27-20-28(2)42(29(3)21-27)43-30(4)47-49(31(43)5)34-22-33(45(9,10)11)23-36(25-34)50-35-16-17-38-37-14-12-13-15-39(37)48(40(38)26-35)41-24-32(18-19-46-41)44(6,7)8/h12-26H,1-11H3. The highest BCUT2D eigenvalue weighted by Gasteiger charge is 2.23. The number of nitrogens with zero attached hydrogens (tertiary/aromatic N) is 4. The quantitative estimate of drug-likeness (QED) is 0.185. The van der Waals surface area contributed by atoms with Crippen LogP contribution in [0.15, 0.2) is 91.1 Å². The maximum absolute atomic E-state index is 6.79. The van der Waals surface area contributed by atoms with E-state index in [1.165, 1.54) is 44.3 Å². The molecule has 4 aromatic carbocycles. The predicted molar refractivity (Wildman–Crippen MR) is 209 cm³/mol. The molecule has 0 N–H and O–H groups in total. The first-order valence-corrected chi connectivity index (χ1v) is 17.6. The van der Waals surface area contributed by atoms with Crippen molar-refractivity contribution in [1.82, 2.24) is 19.3 Å². The number of hydrogen-bond donors (Lipinski definition) is 0. The van der Waals surface area contributed by atoms with Gasteiger partial charge in [-0.2, -0.15) is 5.10 Å². The molecule has 7 rings (SSSR count). The maximum atomic E-state index is 6.79. The average Bonchev–Trinajstić information content (AvgIpc) is 3.52. The van der Waals surface area contributed by atoms with Gasteiger partial charge >= 0.3 is 0 Å². The number of para-hydroxylation sites is 1. The summed E-state index contributed by atoms with van der Waals surface area (Å²) >= 11 is 0. The lowest BCUT2D eigenvalue weighted by molar-refractivity contribution is 0.478. The van der Waals surface area contributed by atoms with Crippen molar-refractivity contribution in [3.05, 3.63) is 130 Å². The molecule has 0 unspecified atom stereocenters. The van der Waals surface area contributed by atoms with Crippen LogP contribution in [0.5, 0.6) is 11.5 Å². The molecule has 7 aromatic rings. The van der Waals surface area contributed by atoms with Crippen LogP contribution < -0.4 is 4.74 Å². The Bertz CT molecular complexity index is 2400. The van der Waals surface area contributed by atoms with E-state index >= 15 is 0 Å². The topological polar surface area (TPSA) is 44.9 Å². The Morgan fingerprint density at radius 2 is 1.28 bits per heavy atom. The summed E-state index contributed by atoms with van der Waals surface area (Å²) in [4.78, 5) is 4.86. The van der Waals surface area contributed by atoms with E-state index < -0.39 is 0 Å². The van der Waals surface area contributed by atoms with Gasteiger partial charge in [0.2, 0.25) is 0 Å². The first kappa shape index (κ1) is 33.3. The summed E-state index contributed by atoms with van der Waals surface area (Å²) in [6.07, 6.45) is 1.92. The molecule has 0 atom stereocenters. The van der Waals surface area contributed by atoms with Gasteiger partial charge in [0.15, 0.2) is 0 Å². The molecule has 3 heterocycles. The normalized spacial score (nSPS) is 12.3. The third-order valence-electron chi connectivity index (χ3n) is 9.94. The van der Waals surface area contributed by atoms with Crippen molar-refractivity contribution in [3.8, 4) is 34.1 Å². The molecule has 0 spiro atoms. The SMILES string of the molecule is Cc1cc(C)c(-c2c(C)nn(-c3cc(Oc4ccc5c6ccccc6n(-c6cc(C(C)(C)C)ccn6)c5c4)cc(C(C)(C)C)c3)c2C)c(C)c1. The molecule has 5 nitrogen and oxygen atoms in total. The van der Waals surface area contributed by atoms with Crippen LogP contribution in [0.1, 0.15) is 80.7 Å². The van der Waals surface area contributed by atoms with E-state index in [4.69, 9.17) is 14.8 Å². The third-order valence-corrected chi connectivity index (χ3v) is 9.94. The minimum Gasteiger partial charge on any atom is -0.457 e. The van der Waals surface area contributed by atoms with E-state index in [9.17, 15) is 0 Å². The van der Waals surface area contributed by atoms with Crippen molar-refractivity contribution < 1.29 is 4.74 Å².